The van der Waals surface area contributed by atoms with Crippen LogP contribution >= 0.6 is 11.6 Å². The predicted molar refractivity (Wildman–Crippen MR) is 122 cm³/mol. The van der Waals surface area contributed by atoms with Crippen molar-refractivity contribution in [2.45, 2.75) is 13.1 Å². The Morgan fingerprint density at radius 1 is 1.06 bits per heavy atom. The van der Waals surface area contributed by atoms with Crippen molar-refractivity contribution in [1.29, 1.82) is 0 Å². The average molecular weight is 480 g/mol. The summed E-state index contributed by atoms with van der Waals surface area (Å²) in [6, 6.07) is 12.7. The molecule has 0 bridgehead atoms. The summed E-state index contributed by atoms with van der Waals surface area (Å²) >= 11 is 6.23. The summed E-state index contributed by atoms with van der Waals surface area (Å²) in [6.07, 6.45) is 1.40. The third-order valence-corrected chi connectivity index (χ3v) is 5.55. The minimum Gasteiger partial charge on any atom is -0.493 e. The number of halogens is 1. The molecule has 12 heteroatoms. The number of rotatable bonds is 7. The topological polar surface area (TPSA) is 123 Å². The van der Waals surface area contributed by atoms with Crippen molar-refractivity contribution >= 4 is 22.8 Å². The van der Waals surface area contributed by atoms with Crippen molar-refractivity contribution in [2.24, 2.45) is 0 Å². The van der Waals surface area contributed by atoms with E-state index in [0.717, 1.165) is 5.56 Å². The first-order valence-electron chi connectivity index (χ1n) is 10.1. The van der Waals surface area contributed by atoms with Gasteiger partial charge in [0, 0.05) is 10.6 Å². The molecule has 0 aliphatic carbocycles. The lowest BCUT2D eigenvalue weighted by molar-refractivity contribution is 0.355. The summed E-state index contributed by atoms with van der Waals surface area (Å²) in [5.41, 5.74) is 1.64. The summed E-state index contributed by atoms with van der Waals surface area (Å²) in [5.74, 6) is 1.71. The van der Waals surface area contributed by atoms with Gasteiger partial charge in [0.15, 0.2) is 22.7 Å². The Hall–Kier alpha value is -4.25. The van der Waals surface area contributed by atoms with Crippen molar-refractivity contribution in [1.82, 2.24) is 34.7 Å². The molecule has 34 heavy (non-hydrogen) atoms. The zero-order valence-electron chi connectivity index (χ0n) is 18.2. The van der Waals surface area contributed by atoms with Crippen LogP contribution in [0, 0.1) is 0 Å². The summed E-state index contributed by atoms with van der Waals surface area (Å²) in [4.78, 5) is 21.7. The number of benzene rings is 2. The van der Waals surface area contributed by atoms with Gasteiger partial charge in [0.2, 0.25) is 11.7 Å². The van der Waals surface area contributed by atoms with Gasteiger partial charge in [-0.05, 0) is 29.8 Å². The van der Waals surface area contributed by atoms with E-state index in [4.69, 9.17) is 25.6 Å². The molecule has 0 unspecified atom stereocenters. The number of hydrogen-bond acceptors (Lipinski definition) is 9. The van der Waals surface area contributed by atoms with Gasteiger partial charge in [-0.1, -0.05) is 40.2 Å². The summed E-state index contributed by atoms with van der Waals surface area (Å²) in [6.45, 7) is 0.365. The maximum absolute atomic E-state index is 13.0. The number of methoxy groups -OCH3 is 2. The Morgan fingerprint density at radius 3 is 2.68 bits per heavy atom. The Balaban J connectivity index is 1.40. The van der Waals surface area contributed by atoms with Crippen LogP contribution in [0.2, 0.25) is 5.02 Å². The van der Waals surface area contributed by atoms with Gasteiger partial charge in [0.25, 0.3) is 5.56 Å². The normalized spacial score (nSPS) is 11.1. The zero-order chi connectivity index (χ0) is 23.7. The van der Waals surface area contributed by atoms with E-state index >= 15 is 0 Å². The average Bonchev–Trinajstić information content (AvgIpc) is 3.49. The van der Waals surface area contributed by atoms with Gasteiger partial charge in [0.1, 0.15) is 12.9 Å². The minimum absolute atomic E-state index is 0.0272. The molecule has 5 rings (SSSR count). The minimum atomic E-state index is -0.374. The van der Waals surface area contributed by atoms with Crippen LogP contribution in [0.5, 0.6) is 11.5 Å². The van der Waals surface area contributed by atoms with Crippen LogP contribution in [0.25, 0.3) is 22.6 Å². The fourth-order valence-electron chi connectivity index (χ4n) is 3.45. The first-order valence-corrected chi connectivity index (χ1v) is 10.5. The SMILES string of the molecule is COc1ccc(-c2noc(Cn3cnc4c(nnn4Cc4ccccc4Cl)c3=O)n2)cc1OC. The highest BCUT2D eigenvalue weighted by atomic mass is 35.5. The molecule has 0 aliphatic rings. The van der Waals surface area contributed by atoms with E-state index in [9.17, 15) is 4.79 Å². The smallest absolute Gasteiger partial charge is 0.283 e. The van der Waals surface area contributed by atoms with Gasteiger partial charge in [-0.15, -0.1) is 5.10 Å². The third kappa shape index (κ3) is 3.97. The fraction of sp³-hybridized carbons (Fsp3) is 0.182. The number of nitrogens with zero attached hydrogens (tertiary/aromatic N) is 7. The lowest BCUT2D eigenvalue weighted by atomic mass is 10.2. The number of aromatic nitrogens is 7. The van der Waals surface area contributed by atoms with Crippen molar-refractivity contribution in [3.8, 4) is 22.9 Å². The Bertz CT molecular complexity index is 1540. The molecule has 0 atom stereocenters. The van der Waals surface area contributed by atoms with Crippen LogP contribution < -0.4 is 15.0 Å². The third-order valence-electron chi connectivity index (χ3n) is 5.19. The van der Waals surface area contributed by atoms with Crippen LogP contribution in [0.1, 0.15) is 11.5 Å². The van der Waals surface area contributed by atoms with Crippen LogP contribution in [-0.4, -0.2) is 48.9 Å². The van der Waals surface area contributed by atoms with Crippen molar-refractivity contribution in [3.05, 3.63) is 75.6 Å². The Kier molecular flexibility index (Phi) is 5.68. The molecule has 0 spiro atoms. The van der Waals surface area contributed by atoms with Gasteiger partial charge in [-0.25, -0.2) is 9.67 Å². The standard InChI is InChI=1S/C22H18ClN7O4/c1-32-16-8-7-13(9-17(16)33-2)20-25-18(34-27-20)11-29-12-24-21-19(22(29)31)26-28-30(21)10-14-5-3-4-6-15(14)23/h3-9,12H,10-11H2,1-2H3. The predicted octanol–water partition coefficient (Wildman–Crippen LogP) is 2.81. The number of fused-ring (bicyclic) bond motifs is 1. The molecule has 3 heterocycles. The summed E-state index contributed by atoms with van der Waals surface area (Å²) in [7, 11) is 3.10. The highest BCUT2D eigenvalue weighted by Crippen LogP contribution is 2.31. The maximum atomic E-state index is 13.0. The molecular weight excluding hydrogens is 462 g/mol. The van der Waals surface area contributed by atoms with E-state index in [1.165, 1.54) is 15.6 Å². The second-order valence-corrected chi connectivity index (χ2v) is 7.68. The quantitative estimate of drug-likeness (QED) is 0.346. The van der Waals surface area contributed by atoms with E-state index in [0.29, 0.717) is 40.1 Å². The van der Waals surface area contributed by atoms with Gasteiger partial charge in [-0.2, -0.15) is 4.98 Å². The second kappa shape index (κ2) is 8.94. The lowest BCUT2D eigenvalue weighted by Crippen LogP contribution is -2.21. The fourth-order valence-corrected chi connectivity index (χ4v) is 3.65. The molecule has 0 N–H and O–H groups in total. The van der Waals surface area contributed by atoms with Gasteiger partial charge in [-0.3, -0.25) is 9.36 Å². The van der Waals surface area contributed by atoms with Crippen LogP contribution in [0.4, 0.5) is 0 Å². The molecule has 0 amide bonds. The van der Waals surface area contributed by atoms with E-state index < -0.39 is 0 Å². The summed E-state index contributed by atoms with van der Waals surface area (Å²) < 4.78 is 18.8. The van der Waals surface area contributed by atoms with Gasteiger partial charge >= 0.3 is 0 Å². The van der Waals surface area contributed by atoms with Crippen LogP contribution in [0.15, 0.2) is 58.1 Å². The largest absolute Gasteiger partial charge is 0.493 e. The van der Waals surface area contributed by atoms with E-state index in [1.54, 1.807) is 38.5 Å². The molecule has 0 radical (unpaired) electrons. The van der Waals surface area contributed by atoms with Gasteiger partial charge < -0.3 is 14.0 Å². The van der Waals surface area contributed by atoms with Gasteiger partial charge in [0.05, 0.1) is 20.8 Å². The molecule has 172 valence electrons. The van der Waals surface area contributed by atoms with E-state index in [-0.39, 0.29) is 23.5 Å². The molecule has 0 saturated carbocycles. The molecule has 11 nitrogen and oxygen atoms in total. The first-order chi connectivity index (χ1) is 16.6. The van der Waals surface area contributed by atoms with Crippen LogP contribution in [-0.2, 0) is 13.1 Å². The monoisotopic (exact) mass is 479 g/mol. The molecule has 3 aromatic heterocycles. The molecule has 5 aromatic rings. The highest BCUT2D eigenvalue weighted by molar-refractivity contribution is 6.31. The lowest BCUT2D eigenvalue weighted by Gasteiger charge is -2.07. The second-order valence-electron chi connectivity index (χ2n) is 7.27. The van der Waals surface area contributed by atoms with E-state index in [2.05, 4.69) is 25.4 Å². The number of ether oxygens (including phenoxy) is 2. The molecule has 0 aliphatic heterocycles. The van der Waals surface area contributed by atoms with Crippen molar-refractivity contribution < 1.29 is 14.0 Å². The Labute approximate surface area is 197 Å². The summed E-state index contributed by atoms with van der Waals surface area (Å²) in [5, 5.41) is 12.7. The van der Waals surface area contributed by atoms with Crippen LogP contribution in [0.3, 0.4) is 0 Å². The molecule has 0 saturated heterocycles. The molecular formula is C22H18ClN7O4. The molecule has 2 aromatic carbocycles. The first kappa shape index (κ1) is 21.6. The van der Waals surface area contributed by atoms with Crippen molar-refractivity contribution in [3.63, 3.8) is 0 Å². The Morgan fingerprint density at radius 2 is 1.88 bits per heavy atom. The van der Waals surface area contributed by atoms with E-state index in [1.807, 2.05) is 18.2 Å². The molecule has 0 fully saturated rings. The highest BCUT2D eigenvalue weighted by Gasteiger charge is 2.16. The number of hydrogen-bond donors (Lipinski definition) is 0. The van der Waals surface area contributed by atoms with Crippen molar-refractivity contribution in [2.75, 3.05) is 14.2 Å². The maximum Gasteiger partial charge on any atom is 0.283 e. The zero-order valence-corrected chi connectivity index (χ0v) is 18.9.